The number of nitrogens with zero attached hydrogens (tertiary/aromatic N) is 1. The molecular weight excluding hydrogens is 376 g/mol. The van der Waals surface area contributed by atoms with Gasteiger partial charge in [0.1, 0.15) is 0 Å². The number of carbonyl (C=O) groups is 1. The molecule has 1 heterocycles. The van der Waals surface area contributed by atoms with E-state index in [1.165, 1.54) is 0 Å². The molecule has 0 fully saturated rings. The predicted molar refractivity (Wildman–Crippen MR) is 105 cm³/mol. The molecule has 3 nitrogen and oxygen atoms in total. The molecule has 0 saturated carbocycles. The smallest absolute Gasteiger partial charge is 0.228 e. The Labute approximate surface area is 155 Å². The number of nitrogens with one attached hydrogen (secondary N) is 1. The highest BCUT2D eigenvalue weighted by atomic mass is 79.9. The lowest BCUT2D eigenvalue weighted by atomic mass is 9.97. The first-order chi connectivity index (χ1) is 12.2. The fraction of sp³-hybridized carbons (Fsp3) is 0.0476. The number of halogens is 1. The van der Waals surface area contributed by atoms with Crippen LogP contribution >= 0.6 is 15.9 Å². The summed E-state index contributed by atoms with van der Waals surface area (Å²) in [6.45, 7) is 0. The van der Waals surface area contributed by atoms with Gasteiger partial charge in [0.05, 0.1) is 11.9 Å². The summed E-state index contributed by atoms with van der Waals surface area (Å²) in [5, 5.41) is 2.87. The number of pyridine rings is 1. The lowest BCUT2D eigenvalue weighted by Crippen LogP contribution is -2.10. The molecule has 1 N–H and O–H groups in total. The maximum atomic E-state index is 12.3. The van der Waals surface area contributed by atoms with Crippen LogP contribution in [-0.4, -0.2) is 10.9 Å². The third-order valence-corrected chi connectivity index (χ3v) is 4.08. The van der Waals surface area contributed by atoms with Crippen LogP contribution in [0.2, 0.25) is 0 Å². The van der Waals surface area contributed by atoms with E-state index < -0.39 is 0 Å². The summed E-state index contributed by atoms with van der Waals surface area (Å²) in [6, 6.07) is 22.0. The molecule has 1 aromatic heterocycles. The number of anilines is 1. The van der Waals surface area contributed by atoms with Crippen molar-refractivity contribution < 1.29 is 4.79 Å². The highest BCUT2D eigenvalue weighted by Crippen LogP contribution is 2.24. The zero-order valence-corrected chi connectivity index (χ0v) is 15.1. The maximum Gasteiger partial charge on any atom is 0.228 e. The van der Waals surface area contributed by atoms with Gasteiger partial charge in [-0.1, -0.05) is 66.7 Å². The van der Waals surface area contributed by atoms with Crippen LogP contribution in [0.15, 0.2) is 89.7 Å². The molecule has 0 radical (unpaired) electrons. The predicted octanol–water partition coefficient (Wildman–Crippen LogP) is 5.30. The Bertz CT molecular complexity index is 835. The third kappa shape index (κ3) is 4.88. The van der Waals surface area contributed by atoms with Gasteiger partial charge in [0.25, 0.3) is 0 Å². The van der Waals surface area contributed by atoms with Gasteiger partial charge < -0.3 is 5.32 Å². The Kier molecular flexibility index (Phi) is 5.75. The monoisotopic (exact) mass is 392 g/mol. The Hall–Kier alpha value is -2.72. The van der Waals surface area contributed by atoms with Crippen molar-refractivity contribution in [3.8, 4) is 0 Å². The average molecular weight is 393 g/mol. The molecule has 3 aromatic rings. The number of hydrogen-bond acceptors (Lipinski definition) is 2. The summed E-state index contributed by atoms with van der Waals surface area (Å²) in [6.07, 6.45) is 5.55. The molecule has 0 bridgehead atoms. The van der Waals surface area contributed by atoms with Gasteiger partial charge >= 0.3 is 0 Å². The Morgan fingerprint density at radius 1 is 0.960 bits per heavy atom. The summed E-state index contributed by atoms with van der Waals surface area (Å²) >= 11 is 3.35. The lowest BCUT2D eigenvalue weighted by molar-refractivity contribution is -0.115. The van der Waals surface area contributed by atoms with Gasteiger partial charge in [0.15, 0.2) is 0 Å². The molecule has 4 heteroatoms. The van der Waals surface area contributed by atoms with E-state index in [1.807, 2.05) is 48.5 Å². The Morgan fingerprint density at radius 3 is 2.12 bits per heavy atom. The third-order valence-electron chi connectivity index (χ3n) is 3.65. The number of carbonyl (C=O) groups excluding carboxylic acids is 1. The van der Waals surface area contributed by atoms with Crippen LogP contribution < -0.4 is 5.32 Å². The van der Waals surface area contributed by atoms with Crippen LogP contribution in [-0.2, 0) is 4.79 Å². The summed E-state index contributed by atoms with van der Waals surface area (Å²) in [5.41, 5.74) is 3.90. The van der Waals surface area contributed by atoms with Gasteiger partial charge in [-0.25, -0.2) is 0 Å². The van der Waals surface area contributed by atoms with E-state index in [-0.39, 0.29) is 12.3 Å². The standard InChI is InChI=1S/C21H17BrN2O/c22-18-13-19(15-23-14-18)24-21(25)12-11-20(16-7-3-1-4-8-16)17-9-5-2-6-10-17/h1-11,13-15H,12H2,(H,24,25). The molecular formula is C21H17BrN2O. The second-order valence-corrected chi connectivity index (χ2v) is 6.41. The normalized spacial score (nSPS) is 10.1. The molecule has 25 heavy (non-hydrogen) atoms. The zero-order valence-electron chi connectivity index (χ0n) is 13.5. The van der Waals surface area contributed by atoms with Crippen LogP contribution in [0.1, 0.15) is 17.5 Å². The average Bonchev–Trinajstić information content (AvgIpc) is 2.64. The van der Waals surface area contributed by atoms with Crippen molar-refractivity contribution in [1.29, 1.82) is 0 Å². The van der Waals surface area contributed by atoms with Crippen molar-refractivity contribution in [3.63, 3.8) is 0 Å². The quantitative estimate of drug-likeness (QED) is 0.639. The first-order valence-electron chi connectivity index (χ1n) is 7.94. The van der Waals surface area contributed by atoms with Crippen LogP contribution in [0.3, 0.4) is 0 Å². The van der Waals surface area contributed by atoms with Crippen LogP contribution in [0.5, 0.6) is 0 Å². The molecule has 0 aliphatic carbocycles. The highest BCUT2D eigenvalue weighted by Gasteiger charge is 2.07. The van der Waals surface area contributed by atoms with Gasteiger partial charge in [-0.05, 0) is 38.7 Å². The first kappa shape index (κ1) is 17.1. The van der Waals surface area contributed by atoms with Crippen molar-refractivity contribution in [2.24, 2.45) is 0 Å². The summed E-state index contributed by atoms with van der Waals surface area (Å²) in [4.78, 5) is 16.3. The minimum Gasteiger partial charge on any atom is -0.324 e. The molecule has 0 atom stereocenters. The Morgan fingerprint density at radius 2 is 1.56 bits per heavy atom. The van der Waals surface area contributed by atoms with Crippen LogP contribution in [0, 0.1) is 0 Å². The van der Waals surface area contributed by atoms with Gasteiger partial charge in [0.2, 0.25) is 5.91 Å². The van der Waals surface area contributed by atoms with E-state index in [4.69, 9.17) is 0 Å². The zero-order chi connectivity index (χ0) is 17.5. The van der Waals surface area contributed by atoms with E-state index in [9.17, 15) is 4.79 Å². The van der Waals surface area contributed by atoms with E-state index >= 15 is 0 Å². The SMILES string of the molecule is O=C(CC=C(c1ccccc1)c1ccccc1)Nc1cncc(Br)c1. The van der Waals surface area contributed by atoms with Crippen LogP contribution in [0.4, 0.5) is 5.69 Å². The van der Waals surface area contributed by atoms with Gasteiger partial charge in [-0.2, -0.15) is 0 Å². The van der Waals surface area contributed by atoms with Crippen molar-refractivity contribution in [1.82, 2.24) is 4.98 Å². The van der Waals surface area contributed by atoms with Gasteiger partial charge in [0, 0.05) is 17.1 Å². The molecule has 0 unspecified atom stereocenters. The number of aromatic nitrogens is 1. The number of hydrogen-bond donors (Lipinski definition) is 1. The van der Waals surface area contributed by atoms with Crippen molar-refractivity contribution in [3.05, 3.63) is 101 Å². The fourth-order valence-electron chi connectivity index (χ4n) is 2.52. The van der Waals surface area contributed by atoms with Crippen LogP contribution in [0.25, 0.3) is 5.57 Å². The molecule has 0 aliphatic rings. The minimum absolute atomic E-state index is 0.0794. The Balaban J connectivity index is 1.80. The summed E-state index contributed by atoms with van der Waals surface area (Å²) in [7, 11) is 0. The second-order valence-electron chi connectivity index (χ2n) is 5.49. The fourth-order valence-corrected chi connectivity index (χ4v) is 2.89. The molecule has 124 valence electrons. The summed E-state index contributed by atoms with van der Waals surface area (Å²) < 4.78 is 0.829. The van der Waals surface area contributed by atoms with Crippen molar-refractivity contribution in [2.75, 3.05) is 5.32 Å². The largest absolute Gasteiger partial charge is 0.324 e. The number of rotatable bonds is 5. The van der Waals surface area contributed by atoms with Gasteiger partial charge in [-0.3, -0.25) is 9.78 Å². The van der Waals surface area contributed by atoms with Gasteiger partial charge in [-0.15, -0.1) is 0 Å². The van der Waals surface area contributed by atoms with E-state index in [2.05, 4.69) is 50.5 Å². The second kappa shape index (κ2) is 8.40. The van der Waals surface area contributed by atoms with Crippen molar-refractivity contribution >= 4 is 33.1 Å². The van der Waals surface area contributed by atoms with E-state index in [0.29, 0.717) is 5.69 Å². The maximum absolute atomic E-state index is 12.3. The lowest BCUT2D eigenvalue weighted by Gasteiger charge is -2.09. The molecule has 0 aliphatic heterocycles. The molecule has 0 saturated heterocycles. The highest BCUT2D eigenvalue weighted by molar-refractivity contribution is 9.10. The molecule has 0 spiro atoms. The molecule has 2 aromatic carbocycles. The molecule has 3 rings (SSSR count). The van der Waals surface area contributed by atoms with Crippen molar-refractivity contribution in [2.45, 2.75) is 6.42 Å². The minimum atomic E-state index is -0.0794. The van der Waals surface area contributed by atoms with E-state index in [1.54, 1.807) is 12.4 Å². The first-order valence-corrected chi connectivity index (χ1v) is 8.73. The number of amides is 1. The topological polar surface area (TPSA) is 42.0 Å². The number of benzene rings is 2. The molecule has 1 amide bonds. The summed E-state index contributed by atoms with van der Waals surface area (Å²) in [5.74, 6) is -0.0794. The van der Waals surface area contributed by atoms with E-state index in [0.717, 1.165) is 21.2 Å².